The molecule has 0 bridgehead atoms. The minimum Gasteiger partial charge on any atom is -0.338 e. The number of carbonyl (C=O) groups is 1. The number of nitrogens with zero attached hydrogens (tertiary/aromatic N) is 1. The van der Waals surface area contributed by atoms with Gasteiger partial charge in [0, 0.05) is 25.6 Å². The lowest BCUT2D eigenvalue weighted by Gasteiger charge is -2.39. The zero-order valence-corrected chi connectivity index (χ0v) is 10.7. The van der Waals surface area contributed by atoms with Gasteiger partial charge in [-0.3, -0.25) is 4.79 Å². The second-order valence-electron chi connectivity index (χ2n) is 4.97. The number of amides is 1. The van der Waals surface area contributed by atoms with Crippen LogP contribution in [0.5, 0.6) is 0 Å². The van der Waals surface area contributed by atoms with Crippen molar-refractivity contribution in [1.29, 1.82) is 0 Å². The van der Waals surface area contributed by atoms with Crippen LogP contribution in [0.4, 0.5) is 0 Å². The van der Waals surface area contributed by atoms with Gasteiger partial charge in [-0.15, -0.1) is 0 Å². The molecule has 0 aromatic heterocycles. The smallest absolute Gasteiger partial charge is 0.222 e. The Kier molecular flexibility index (Phi) is 5.81. The molecule has 94 valence electrons. The summed E-state index contributed by atoms with van der Waals surface area (Å²) >= 11 is 0. The summed E-state index contributed by atoms with van der Waals surface area (Å²) in [6.07, 6.45) is 6.40. The van der Waals surface area contributed by atoms with Crippen molar-refractivity contribution in [3.8, 4) is 0 Å². The predicted molar refractivity (Wildman–Crippen MR) is 67.1 cm³/mol. The van der Waals surface area contributed by atoms with Crippen molar-refractivity contribution in [2.75, 3.05) is 13.1 Å². The second-order valence-corrected chi connectivity index (χ2v) is 4.97. The van der Waals surface area contributed by atoms with Crippen LogP contribution in [-0.4, -0.2) is 29.9 Å². The molecule has 2 unspecified atom stereocenters. The Morgan fingerprint density at radius 1 is 1.44 bits per heavy atom. The van der Waals surface area contributed by atoms with E-state index in [1.165, 1.54) is 12.8 Å². The van der Waals surface area contributed by atoms with Gasteiger partial charge in [0.05, 0.1) is 0 Å². The number of unbranched alkanes of at least 4 members (excludes halogenated alkanes) is 2. The summed E-state index contributed by atoms with van der Waals surface area (Å²) in [7, 11) is 0. The number of rotatable bonds is 5. The van der Waals surface area contributed by atoms with Crippen LogP contribution in [0.15, 0.2) is 0 Å². The van der Waals surface area contributed by atoms with Gasteiger partial charge in [-0.25, -0.2) is 0 Å². The van der Waals surface area contributed by atoms with E-state index < -0.39 is 0 Å². The van der Waals surface area contributed by atoms with Crippen LogP contribution in [-0.2, 0) is 4.79 Å². The monoisotopic (exact) mass is 226 g/mol. The van der Waals surface area contributed by atoms with E-state index in [2.05, 4.69) is 13.8 Å². The second kappa shape index (κ2) is 6.89. The van der Waals surface area contributed by atoms with Gasteiger partial charge in [-0.05, 0) is 25.2 Å². The van der Waals surface area contributed by atoms with Gasteiger partial charge in [-0.1, -0.05) is 26.7 Å². The van der Waals surface area contributed by atoms with E-state index in [1.54, 1.807) is 0 Å². The lowest BCUT2D eigenvalue weighted by molar-refractivity contribution is -0.136. The van der Waals surface area contributed by atoms with E-state index in [-0.39, 0.29) is 6.04 Å². The molecule has 1 fully saturated rings. The topological polar surface area (TPSA) is 46.3 Å². The molecule has 3 nitrogen and oxygen atoms in total. The molecule has 1 saturated heterocycles. The van der Waals surface area contributed by atoms with Crippen molar-refractivity contribution in [2.45, 2.75) is 58.4 Å². The third kappa shape index (κ3) is 3.48. The zero-order valence-electron chi connectivity index (χ0n) is 10.7. The maximum absolute atomic E-state index is 12.1. The van der Waals surface area contributed by atoms with Crippen LogP contribution in [0.1, 0.15) is 52.4 Å². The van der Waals surface area contributed by atoms with E-state index >= 15 is 0 Å². The van der Waals surface area contributed by atoms with Crippen LogP contribution in [0.2, 0.25) is 0 Å². The summed E-state index contributed by atoms with van der Waals surface area (Å²) in [6, 6.07) is 0.280. The first kappa shape index (κ1) is 13.5. The Labute approximate surface area is 99.4 Å². The Morgan fingerprint density at radius 2 is 2.19 bits per heavy atom. The van der Waals surface area contributed by atoms with E-state index in [9.17, 15) is 4.79 Å². The van der Waals surface area contributed by atoms with Crippen LogP contribution >= 0.6 is 0 Å². The van der Waals surface area contributed by atoms with Crippen molar-refractivity contribution < 1.29 is 4.79 Å². The maximum Gasteiger partial charge on any atom is 0.222 e. The molecule has 3 heteroatoms. The molecule has 0 aliphatic carbocycles. The number of hydrogen-bond acceptors (Lipinski definition) is 2. The van der Waals surface area contributed by atoms with Gasteiger partial charge in [0.15, 0.2) is 0 Å². The van der Waals surface area contributed by atoms with E-state index in [0.717, 1.165) is 25.8 Å². The van der Waals surface area contributed by atoms with Gasteiger partial charge in [-0.2, -0.15) is 0 Å². The fourth-order valence-corrected chi connectivity index (χ4v) is 2.59. The highest BCUT2D eigenvalue weighted by Gasteiger charge is 2.30. The van der Waals surface area contributed by atoms with Gasteiger partial charge >= 0.3 is 0 Å². The molecular weight excluding hydrogens is 200 g/mol. The highest BCUT2D eigenvalue weighted by Crippen LogP contribution is 2.23. The minimum absolute atomic E-state index is 0.280. The molecule has 1 heterocycles. The zero-order chi connectivity index (χ0) is 12.0. The van der Waals surface area contributed by atoms with Gasteiger partial charge < -0.3 is 10.6 Å². The third-order valence-electron chi connectivity index (χ3n) is 3.67. The first-order valence-corrected chi connectivity index (χ1v) is 6.70. The van der Waals surface area contributed by atoms with Crippen molar-refractivity contribution in [2.24, 2.45) is 11.7 Å². The summed E-state index contributed by atoms with van der Waals surface area (Å²) in [6.45, 7) is 5.90. The lowest BCUT2D eigenvalue weighted by Crippen LogP contribution is -2.51. The SMILES string of the molecule is CCCCCC(=O)N1CCCC(C)C1CN. The average molecular weight is 226 g/mol. The molecule has 0 spiro atoms. The number of likely N-dealkylation sites (tertiary alicyclic amines) is 1. The average Bonchev–Trinajstić information content (AvgIpc) is 2.29. The summed E-state index contributed by atoms with van der Waals surface area (Å²) in [4.78, 5) is 14.1. The molecule has 1 rings (SSSR count). The van der Waals surface area contributed by atoms with Gasteiger partial charge in [0.25, 0.3) is 0 Å². The van der Waals surface area contributed by atoms with Crippen molar-refractivity contribution in [1.82, 2.24) is 4.90 Å². The van der Waals surface area contributed by atoms with E-state index in [0.29, 0.717) is 24.8 Å². The number of piperidine rings is 1. The van der Waals surface area contributed by atoms with Crippen molar-refractivity contribution >= 4 is 5.91 Å². The molecule has 1 aliphatic heterocycles. The summed E-state index contributed by atoms with van der Waals surface area (Å²) in [5.41, 5.74) is 5.78. The summed E-state index contributed by atoms with van der Waals surface area (Å²) < 4.78 is 0. The number of hydrogen-bond donors (Lipinski definition) is 1. The van der Waals surface area contributed by atoms with Crippen LogP contribution < -0.4 is 5.73 Å². The van der Waals surface area contributed by atoms with Crippen LogP contribution in [0, 0.1) is 5.92 Å². The maximum atomic E-state index is 12.1. The van der Waals surface area contributed by atoms with Crippen molar-refractivity contribution in [3.63, 3.8) is 0 Å². The molecular formula is C13H26N2O. The van der Waals surface area contributed by atoms with E-state index in [4.69, 9.17) is 5.73 Å². The van der Waals surface area contributed by atoms with Gasteiger partial charge in [0.1, 0.15) is 0 Å². The Balaban J connectivity index is 2.45. The Morgan fingerprint density at radius 3 is 2.81 bits per heavy atom. The highest BCUT2D eigenvalue weighted by atomic mass is 16.2. The molecule has 2 atom stereocenters. The Hall–Kier alpha value is -0.570. The number of carbonyl (C=O) groups excluding carboxylic acids is 1. The Bertz CT molecular complexity index is 218. The molecule has 16 heavy (non-hydrogen) atoms. The normalized spacial score (nSPS) is 25.8. The largest absolute Gasteiger partial charge is 0.338 e. The first-order valence-electron chi connectivity index (χ1n) is 6.70. The van der Waals surface area contributed by atoms with E-state index in [1.807, 2.05) is 4.90 Å². The molecule has 0 aromatic rings. The molecule has 1 amide bonds. The fraction of sp³-hybridized carbons (Fsp3) is 0.923. The summed E-state index contributed by atoms with van der Waals surface area (Å²) in [5.74, 6) is 0.879. The number of nitrogens with two attached hydrogens (primary N) is 1. The quantitative estimate of drug-likeness (QED) is 0.730. The standard InChI is InChI=1S/C13H26N2O/c1-3-4-5-8-13(16)15-9-6-7-11(2)12(15)10-14/h11-12H,3-10,14H2,1-2H3. The van der Waals surface area contributed by atoms with Gasteiger partial charge in [0.2, 0.25) is 5.91 Å². The fourth-order valence-electron chi connectivity index (χ4n) is 2.59. The molecule has 2 N–H and O–H groups in total. The predicted octanol–water partition coefficient (Wildman–Crippen LogP) is 2.15. The lowest BCUT2D eigenvalue weighted by atomic mass is 9.90. The minimum atomic E-state index is 0.280. The highest BCUT2D eigenvalue weighted by molar-refractivity contribution is 5.76. The summed E-state index contributed by atoms with van der Waals surface area (Å²) in [5, 5.41) is 0. The van der Waals surface area contributed by atoms with Crippen molar-refractivity contribution in [3.05, 3.63) is 0 Å². The molecule has 1 aliphatic rings. The molecule has 0 saturated carbocycles. The molecule has 0 radical (unpaired) electrons. The third-order valence-corrected chi connectivity index (χ3v) is 3.67. The van der Waals surface area contributed by atoms with Crippen LogP contribution in [0.25, 0.3) is 0 Å². The van der Waals surface area contributed by atoms with Crippen LogP contribution in [0.3, 0.4) is 0 Å². The first-order chi connectivity index (χ1) is 7.70. The molecule has 0 aromatic carbocycles.